The molecule has 0 aromatic rings. The van der Waals surface area contributed by atoms with Crippen molar-refractivity contribution in [3.8, 4) is 0 Å². The van der Waals surface area contributed by atoms with Crippen LogP contribution in [0.3, 0.4) is 0 Å². The number of carbonyl (C=O) groups is 1. The molecule has 1 heterocycles. The van der Waals surface area contributed by atoms with E-state index < -0.39 is 0 Å². The summed E-state index contributed by atoms with van der Waals surface area (Å²) in [5.74, 6) is 1.30. The fourth-order valence-corrected chi connectivity index (χ4v) is 5.08. The van der Waals surface area contributed by atoms with Crippen LogP contribution in [0.15, 0.2) is 53.1 Å². The Balaban J connectivity index is 2.34. The zero-order valence-electron chi connectivity index (χ0n) is 21.4. The summed E-state index contributed by atoms with van der Waals surface area (Å²) in [6.07, 6.45) is 17.6. The maximum Gasteiger partial charge on any atom is 0.184 e. The van der Waals surface area contributed by atoms with Crippen LogP contribution >= 0.6 is 0 Å². The van der Waals surface area contributed by atoms with E-state index in [1.165, 1.54) is 11.1 Å². The molecule has 0 atom stereocenters. The maximum absolute atomic E-state index is 12.3. The molecule has 178 valence electrons. The molecule has 0 aromatic heterocycles. The Morgan fingerprint density at radius 1 is 1.22 bits per heavy atom. The van der Waals surface area contributed by atoms with E-state index in [9.17, 15) is 4.79 Å². The van der Waals surface area contributed by atoms with Crippen LogP contribution in [0.1, 0.15) is 73.1 Å². The molecule has 0 unspecified atom stereocenters. The van der Waals surface area contributed by atoms with Gasteiger partial charge in [-0.2, -0.15) is 0 Å². The van der Waals surface area contributed by atoms with Gasteiger partial charge in [-0.25, -0.2) is 4.99 Å². The van der Waals surface area contributed by atoms with Crippen molar-refractivity contribution in [2.24, 2.45) is 16.3 Å². The first-order chi connectivity index (χ1) is 15.2. The highest BCUT2D eigenvalue weighted by atomic mass is 16.1. The van der Waals surface area contributed by atoms with E-state index in [-0.39, 0.29) is 5.66 Å². The second-order valence-electron chi connectivity index (χ2n) is 10.4. The average molecular weight is 440 g/mol. The second kappa shape index (κ2) is 11.8. The van der Waals surface area contributed by atoms with Crippen LogP contribution in [0.4, 0.5) is 0 Å². The van der Waals surface area contributed by atoms with E-state index >= 15 is 0 Å². The standard InChI is InChI=1S/C28H45N3O/c1-8-11-13-24-21-31(20-16-23(24)10-3)26(22-32)29-28(30(7)19-12-9-2)17-14-25(15-18-28)27(4,5)6/h8-12,22,25H,3,13-21H2,1-2,4-7H3/b11-8-,12-9+,29-26+. The molecule has 0 aromatic carbocycles. The zero-order valence-corrected chi connectivity index (χ0v) is 21.4. The van der Waals surface area contributed by atoms with Crippen molar-refractivity contribution >= 4 is 12.1 Å². The Morgan fingerprint density at radius 3 is 2.41 bits per heavy atom. The van der Waals surface area contributed by atoms with Crippen LogP contribution in [-0.2, 0) is 4.79 Å². The van der Waals surface area contributed by atoms with Gasteiger partial charge >= 0.3 is 0 Å². The minimum absolute atomic E-state index is 0.311. The SMILES string of the molecule is C=CC1=C(C/C=C\C)CN(/C(C=O)=N/C2(N(C)C/C=C/C)CCC(C(C)(C)C)CC2)CC1. The van der Waals surface area contributed by atoms with Gasteiger partial charge in [0.15, 0.2) is 12.1 Å². The minimum Gasteiger partial charge on any atom is -0.350 e. The van der Waals surface area contributed by atoms with Crippen molar-refractivity contribution < 1.29 is 4.79 Å². The van der Waals surface area contributed by atoms with E-state index in [2.05, 4.69) is 75.4 Å². The van der Waals surface area contributed by atoms with Crippen LogP contribution in [0.5, 0.6) is 0 Å². The summed E-state index contributed by atoms with van der Waals surface area (Å²) in [4.78, 5) is 22.1. The third-order valence-electron chi connectivity index (χ3n) is 7.42. The Labute approximate surface area is 196 Å². The molecule has 4 heteroatoms. The molecular formula is C28H45N3O. The largest absolute Gasteiger partial charge is 0.350 e. The number of likely N-dealkylation sites (N-methyl/N-ethyl adjacent to an activating group) is 1. The predicted octanol–water partition coefficient (Wildman–Crippen LogP) is 6.18. The first kappa shape index (κ1) is 26.3. The lowest BCUT2D eigenvalue weighted by atomic mass is 9.69. The Kier molecular flexibility index (Phi) is 9.69. The molecule has 1 saturated carbocycles. The fraction of sp³-hybridized carbons (Fsp3) is 0.643. The minimum atomic E-state index is -0.316. The van der Waals surface area contributed by atoms with Gasteiger partial charge in [-0.15, -0.1) is 0 Å². The van der Waals surface area contributed by atoms with Crippen molar-refractivity contribution in [2.45, 2.75) is 78.8 Å². The lowest BCUT2D eigenvalue weighted by molar-refractivity contribution is -0.103. The number of carbonyl (C=O) groups excluding carboxylic acids is 1. The topological polar surface area (TPSA) is 35.9 Å². The fourth-order valence-electron chi connectivity index (χ4n) is 5.08. The van der Waals surface area contributed by atoms with Crippen molar-refractivity contribution in [1.29, 1.82) is 0 Å². The highest BCUT2D eigenvalue weighted by molar-refractivity contribution is 6.27. The van der Waals surface area contributed by atoms with Gasteiger partial charge in [-0.3, -0.25) is 9.69 Å². The third kappa shape index (κ3) is 6.54. The number of nitrogens with zero attached hydrogens (tertiary/aromatic N) is 3. The molecular weight excluding hydrogens is 394 g/mol. The second-order valence-corrected chi connectivity index (χ2v) is 10.4. The number of amidine groups is 1. The van der Waals surface area contributed by atoms with Gasteiger partial charge in [0.05, 0.1) is 0 Å². The molecule has 4 nitrogen and oxygen atoms in total. The monoisotopic (exact) mass is 439 g/mol. The summed E-state index contributed by atoms with van der Waals surface area (Å²) < 4.78 is 0. The van der Waals surface area contributed by atoms with Crippen LogP contribution in [0.25, 0.3) is 0 Å². The molecule has 0 bridgehead atoms. The van der Waals surface area contributed by atoms with Gasteiger partial charge in [0.25, 0.3) is 0 Å². The Morgan fingerprint density at radius 2 is 1.88 bits per heavy atom. The number of aldehydes is 1. The third-order valence-corrected chi connectivity index (χ3v) is 7.42. The van der Waals surface area contributed by atoms with Crippen LogP contribution < -0.4 is 0 Å². The van der Waals surface area contributed by atoms with Gasteiger partial charge in [-0.05, 0) is 81.9 Å². The average Bonchev–Trinajstić information content (AvgIpc) is 2.79. The van der Waals surface area contributed by atoms with Crippen molar-refractivity contribution in [1.82, 2.24) is 9.80 Å². The summed E-state index contributed by atoms with van der Waals surface area (Å²) in [6.45, 7) is 17.6. The summed E-state index contributed by atoms with van der Waals surface area (Å²) in [7, 11) is 2.16. The number of allylic oxidation sites excluding steroid dienone is 4. The van der Waals surface area contributed by atoms with E-state index in [1.807, 2.05) is 13.0 Å². The highest BCUT2D eigenvalue weighted by Gasteiger charge is 2.41. The van der Waals surface area contributed by atoms with Crippen molar-refractivity contribution in [3.63, 3.8) is 0 Å². The summed E-state index contributed by atoms with van der Waals surface area (Å²) in [5, 5.41) is 0. The smallest absolute Gasteiger partial charge is 0.184 e. The summed E-state index contributed by atoms with van der Waals surface area (Å²) >= 11 is 0. The van der Waals surface area contributed by atoms with Crippen LogP contribution in [0.2, 0.25) is 0 Å². The molecule has 0 amide bonds. The van der Waals surface area contributed by atoms with E-state index in [0.29, 0.717) is 17.2 Å². The van der Waals surface area contributed by atoms with Crippen LogP contribution in [-0.4, -0.2) is 54.3 Å². The molecule has 1 aliphatic heterocycles. The number of hydrogen-bond donors (Lipinski definition) is 0. The lowest BCUT2D eigenvalue weighted by Gasteiger charge is -2.47. The first-order valence-electron chi connectivity index (χ1n) is 12.3. The Bertz CT molecular complexity index is 758. The van der Waals surface area contributed by atoms with Crippen LogP contribution in [0, 0.1) is 11.3 Å². The zero-order chi connectivity index (χ0) is 23.8. The van der Waals surface area contributed by atoms with Gasteiger partial charge in [0.1, 0.15) is 5.66 Å². The predicted molar refractivity (Wildman–Crippen MR) is 138 cm³/mol. The summed E-state index contributed by atoms with van der Waals surface area (Å²) in [6, 6.07) is 0. The molecule has 32 heavy (non-hydrogen) atoms. The summed E-state index contributed by atoms with van der Waals surface area (Å²) in [5.41, 5.74) is 2.65. The molecule has 0 N–H and O–H groups in total. The van der Waals surface area contributed by atoms with E-state index in [0.717, 1.165) is 64.4 Å². The van der Waals surface area contributed by atoms with E-state index in [1.54, 1.807) is 0 Å². The molecule has 1 fully saturated rings. The lowest BCUT2D eigenvalue weighted by Crippen LogP contribution is -2.51. The normalized spacial score (nSPS) is 25.9. The highest BCUT2D eigenvalue weighted by Crippen LogP contribution is 2.44. The maximum atomic E-state index is 12.3. The van der Waals surface area contributed by atoms with Gasteiger partial charge in [-0.1, -0.05) is 57.7 Å². The first-order valence-corrected chi connectivity index (χ1v) is 12.3. The number of hydrogen-bond acceptors (Lipinski definition) is 3. The molecule has 1 aliphatic carbocycles. The Hall–Kier alpha value is -1.94. The van der Waals surface area contributed by atoms with E-state index in [4.69, 9.17) is 4.99 Å². The molecule has 0 radical (unpaired) electrons. The number of aliphatic imine (C=N–C) groups is 1. The van der Waals surface area contributed by atoms with Crippen molar-refractivity contribution in [3.05, 3.63) is 48.1 Å². The molecule has 0 saturated heterocycles. The molecule has 2 aliphatic rings. The number of rotatable bonds is 8. The molecule has 0 spiro atoms. The quantitative estimate of drug-likeness (QED) is 0.196. The van der Waals surface area contributed by atoms with Crippen molar-refractivity contribution in [2.75, 3.05) is 26.7 Å². The van der Waals surface area contributed by atoms with Gasteiger partial charge < -0.3 is 4.90 Å². The molecule has 2 rings (SSSR count). The van der Waals surface area contributed by atoms with Gasteiger partial charge in [0, 0.05) is 19.6 Å². The van der Waals surface area contributed by atoms with Gasteiger partial charge in [0.2, 0.25) is 0 Å².